The molecule has 1 radical (unpaired) electrons. The smallest absolute Gasteiger partial charge is 0.237 e. The topological polar surface area (TPSA) is 36.4 Å². The molecule has 3 fully saturated rings. The fraction of sp³-hybridized carbons (Fsp3) is 0.600. The van der Waals surface area contributed by atoms with Gasteiger partial charge in [0.15, 0.2) is 0 Å². The molecule has 1 aromatic heterocycles. The Hall–Kier alpha value is -0.316. The first-order chi connectivity index (χ1) is 9.21. The summed E-state index contributed by atoms with van der Waals surface area (Å²) >= 11 is 0. The number of anilines is 1. The van der Waals surface area contributed by atoms with Crippen LogP contribution in [0.3, 0.4) is 0 Å². The van der Waals surface area contributed by atoms with Gasteiger partial charge in [-0.15, -0.1) is 11.6 Å². The van der Waals surface area contributed by atoms with Crippen molar-refractivity contribution in [3.63, 3.8) is 0 Å². The zero-order chi connectivity index (χ0) is 13.0. The SMILES string of the molecule is Cc1[c-]cc(N2CCN(C3CC3)C3(CC3)C2=O)nc1.[Y]. The average Bonchev–Trinajstić information content (AvgIpc) is 3.29. The molecule has 2 saturated carbocycles. The molecule has 1 amide bonds. The van der Waals surface area contributed by atoms with Crippen LogP contribution in [0.15, 0.2) is 12.3 Å². The van der Waals surface area contributed by atoms with E-state index in [-0.39, 0.29) is 44.2 Å². The van der Waals surface area contributed by atoms with Crippen molar-refractivity contribution in [3.8, 4) is 0 Å². The van der Waals surface area contributed by atoms with Gasteiger partial charge in [-0.05, 0) is 25.7 Å². The molecule has 1 aliphatic heterocycles. The van der Waals surface area contributed by atoms with Crippen LogP contribution in [-0.2, 0) is 37.5 Å². The number of hydrogen-bond acceptors (Lipinski definition) is 3. The number of aromatic nitrogens is 1. The molecule has 4 nitrogen and oxygen atoms in total. The van der Waals surface area contributed by atoms with E-state index in [1.807, 2.05) is 17.9 Å². The van der Waals surface area contributed by atoms with Crippen LogP contribution in [0, 0.1) is 13.0 Å². The number of piperazine rings is 1. The third-order valence-corrected chi connectivity index (χ3v) is 4.56. The standard InChI is InChI=1S/C15H18N3O.Y/c1-11-2-5-13(16-10-11)17-8-9-18(12-3-4-12)15(6-7-15)14(17)19;/h5,10,12H,3-4,6-9H2,1H3;/q-1;. The number of rotatable bonds is 2. The average molecular weight is 345 g/mol. The van der Waals surface area contributed by atoms with E-state index in [9.17, 15) is 4.79 Å². The van der Waals surface area contributed by atoms with E-state index < -0.39 is 0 Å². The Morgan fingerprint density at radius 2 is 2.10 bits per heavy atom. The summed E-state index contributed by atoms with van der Waals surface area (Å²) in [5.41, 5.74) is 0.834. The molecule has 2 heterocycles. The van der Waals surface area contributed by atoms with Crippen LogP contribution >= 0.6 is 0 Å². The third-order valence-electron chi connectivity index (χ3n) is 4.56. The van der Waals surface area contributed by atoms with Crippen molar-refractivity contribution in [2.24, 2.45) is 0 Å². The number of carbonyl (C=O) groups excluding carboxylic acids is 1. The van der Waals surface area contributed by atoms with E-state index in [0.717, 1.165) is 37.3 Å². The number of hydrogen-bond donors (Lipinski definition) is 0. The number of pyridine rings is 1. The van der Waals surface area contributed by atoms with Crippen molar-refractivity contribution in [1.82, 2.24) is 9.88 Å². The van der Waals surface area contributed by atoms with E-state index in [4.69, 9.17) is 0 Å². The van der Waals surface area contributed by atoms with Gasteiger partial charge in [-0.2, -0.15) is 6.07 Å². The van der Waals surface area contributed by atoms with Crippen molar-refractivity contribution in [1.29, 1.82) is 0 Å². The third kappa shape index (κ3) is 2.26. The van der Waals surface area contributed by atoms with E-state index in [2.05, 4.69) is 16.0 Å². The predicted molar refractivity (Wildman–Crippen MR) is 71.9 cm³/mol. The molecule has 1 saturated heterocycles. The molecule has 3 aliphatic rings. The van der Waals surface area contributed by atoms with Gasteiger partial charge in [-0.3, -0.25) is 9.69 Å². The summed E-state index contributed by atoms with van der Waals surface area (Å²) in [6.45, 7) is 3.72. The number of carbonyl (C=O) groups is 1. The zero-order valence-electron chi connectivity index (χ0n) is 11.8. The van der Waals surface area contributed by atoms with Crippen molar-refractivity contribution in [3.05, 3.63) is 23.9 Å². The second-order valence-electron chi connectivity index (χ2n) is 6.00. The predicted octanol–water partition coefficient (Wildman–Crippen LogP) is 1.53. The maximum Gasteiger partial charge on any atom is 0.237 e. The fourth-order valence-corrected chi connectivity index (χ4v) is 3.22. The number of amides is 1. The summed E-state index contributed by atoms with van der Waals surface area (Å²) in [5, 5.41) is 0. The Bertz CT molecular complexity index is 522. The largest absolute Gasteiger partial charge is 0.367 e. The minimum Gasteiger partial charge on any atom is -0.367 e. The summed E-state index contributed by atoms with van der Waals surface area (Å²) in [5.74, 6) is 1.02. The van der Waals surface area contributed by atoms with Crippen LogP contribution in [0.1, 0.15) is 31.2 Å². The van der Waals surface area contributed by atoms with E-state index >= 15 is 0 Å². The second kappa shape index (κ2) is 5.15. The van der Waals surface area contributed by atoms with Gasteiger partial charge in [0.05, 0.1) is 0 Å². The molecule has 1 spiro atoms. The molecule has 4 rings (SSSR count). The first kappa shape index (κ1) is 14.6. The minimum absolute atomic E-state index is 0. The van der Waals surface area contributed by atoms with Gasteiger partial charge in [0.1, 0.15) is 5.54 Å². The minimum atomic E-state index is -0.175. The summed E-state index contributed by atoms with van der Waals surface area (Å²) in [7, 11) is 0. The molecule has 2 aliphatic carbocycles. The molecule has 0 atom stereocenters. The Kier molecular flexibility index (Phi) is 3.76. The number of nitrogens with zero attached hydrogens (tertiary/aromatic N) is 3. The first-order valence-electron chi connectivity index (χ1n) is 7.14. The van der Waals surface area contributed by atoms with E-state index in [1.165, 1.54) is 12.8 Å². The van der Waals surface area contributed by atoms with Gasteiger partial charge in [0.2, 0.25) is 5.91 Å². The Morgan fingerprint density at radius 1 is 1.35 bits per heavy atom. The van der Waals surface area contributed by atoms with Crippen LogP contribution < -0.4 is 4.90 Å². The molecule has 0 N–H and O–H groups in total. The quantitative estimate of drug-likeness (QED) is 0.763. The van der Waals surface area contributed by atoms with Gasteiger partial charge in [0.25, 0.3) is 0 Å². The maximum atomic E-state index is 12.8. The summed E-state index contributed by atoms with van der Waals surface area (Å²) < 4.78 is 0. The molecule has 20 heavy (non-hydrogen) atoms. The second-order valence-corrected chi connectivity index (χ2v) is 6.00. The van der Waals surface area contributed by atoms with Crippen molar-refractivity contribution in [2.75, 3.05) is 18.0 Å². The molecule has 103 valence electrons. The van der Waals surface area contributed by atoms with Crippen LogP contribution in [0.25, 0.3) is 0 Å². The Balaban J connectivity index is 0.00000121. The molecule has 1 aromatic rings. The van der Waals surface area contributed by atoms with E-state index in [0.29, 0.717) is 6.04 Å². The molecule has 0 unspecified atom stereocenters. The van der Waals surface area contributed by atoms with E-state index in [1.54, 1.807) is 6.20 Å². The monoisotopic (exact) mass is 345 g/mol. The molecular formula is C15H18N3OY-. The normalized spacial score (nSPS) is 24.6. The van der Waals surface area contributed by atoms with Crippen molar-refractivity contribution >= 4 is 11.7 Å². The molecule has 0 bridgehead atoms. The van der Waals surface area contributed by atoms with Gasteiger partial charge in [-0.1, -0.05) is 13.1 Å². The fourth-order valence-electron chi connectivity index (χ4n) is 3.22. The van der Waals surface area contributed by atoms with Crippen molar-refractivity contribution < 1.29 is 37.5 Å². The van der Waals surface area contributed by atoms with Crippen LogP contribution in [0.2, 0.25) is 0 Å². The van der Waals surface area contributed by atoms with Gasteiger partial charge in [-0.25, -0.2) is 0 Å². The Morgan fingerprint density at radius 3 is 2.65 bits per heavy atom. The summed E-state index contributed by atoms with van der Waals surface area (Å²) in [6, 6.07) is 5.66. The molecule has 0 aromatic carbocycles. The van der Waals surface area contributed by atoms with Crippen LogP contribution in [-0.4, -0.2) is 40.5 Å². The summed E-state index contributed by atoms with van der Waals surface area (Å²) in [4.78, 5) is 21.5. The van der Waals surface area contributed by atoms with Crippen LogP contribution in [0.5, 0.6) is 0 Å². The summed E-state index contributed by atoms with van der Waals surface area (Å²) in [6.07, 6.45) is 6.37. The van der Waals surface area contributed by atoms with Gasteiger partial charge < -0.3 is 9.88 Å². The van der Waals surface area contributed by atoms with Gasteiger partial charge >= 0.3 is 0 Å². The maximum absolute atomic E-state index is 12.8. The molecular weight excluding hydrogens is 327 g/mol. The Labute approximate surface area is 144 Å². The zero-order valence-corrected chi connectivity index (χ0v) is 14.6. The van der Waals surface area contributed by atoms with Crippen molar-refractivity contribution in [2.45, 2.75) is 44.2 Å². The van der Waals surface area contributed by atoms with Crippen LogP contribution in [0.4, 0.5) is 5.82 Å². The molecule has 5 heteroatoms. The first-order valence-corrected chi connectivity index (χ1v) is 7.14. The number of aryl methyl sites for hydroxylation is 1. The van der Waals surface area contributed by atoms with Gasteiger partial charge in [0, 0.05) is 57.7 Å².